The molecule has 0 aromatic heterocycles. The van der Waals surface area contributed by atoms with Gasteiger partial charge in [-0.2, -0.15) is 4.31 Å². The Hall–Kier alpha value is -2.00. The van der Waals surface area contributed by atoms with Crippen molar-refractivity contribution in [1.82, 2.24) is 4.31 Å². The lowest BCUT2D eigenvalue weighted by atomic mass is 9.90. The third-order valence-corrected chi connectivity index (χ3v) is 7.75. The fourth-order valence-corrected chi connectivity index (χ4v) is 4.70. The largest absolute Gasteiger partial charge is 0.497 e. The van der Waals surface area contributed by atoms with Gasteiger partial charge in [-0.3, -0.25) is 0 Å². The molecule has 0 amide bonds. The lowest BCUT2D eigenvalue weighted by molar-refractivity contribution is -0.338. The molecule has 2 atom stereocenters. The third kappa shape index (κ3) is 4.77. The molecule has 2 aromatic carbocycles. The summed E-state index contributed by atoms with van der Waals surface area (Å²) in [6.07, 6.45) is 0. The molecular weight excluding hydrogens is 421 g/mol. The van der Waals surface area contributed by atoms with E-state index in [-0.39, 0.29) is 22.9 Å². The van der Waals surface area contributed by atoms with E-state index in [4.69, 9.17) is 14.2 Å². The Morgan fingerprint density at radius 3 is 2.39 bits per heavy atom. The van der Waals surface area contributed by atoms with Crippen LogP contribution in [0.4, 0.5) is 4.39 Å². The molecule has 170 valence electrons. The summed E-state index contributed by atoms with van der Waals surface area (Å²) in [6.45, 7) is 7.98. The normalized spacial score (nSPS) is 23.7. The molecule has 2 aromatic rings. The molecule has 1 aliphatic rings. The van der Waals surface area contributed by atoms with Crippen LogP contribution in [0, 0.1) is 11.7 Å². The van der Waals surface area contributed by atoms with Crippen LogP contribution < -0.4 is 4.74 Å². The van der Waals surface area contributed by atoms with Crippen molar-refractivity contribution in [2.24, 2.45) is 5.92 Å². The van der Waals surface area contributed by atoms with Gasteiger partial charge in [0.25, 0.3) is 0 Å². The van der Waals surface area contributed by atoms with Crippen molar-refractivity contribution in [3.8, 4) is 5.75 Å². The van der Waals surface area contributed by atoms with Crippen LogP contribution in [-0.2, 0) is 31.8 Å². The van der Waals surface area contributed by atoms with Crippen molar-refractivity contribution in [2.45, 2.75) is 50.5 Å². The summed E-state index contributed by atoms with van der Waals surface area (Å²) in [4.78, 5) is -0.0234. The van der Waals surface area contributed by atoms with Gasteiger partial charge in [-0.15, -0.1) is 0 Å². The third-order valence-electron chi connectivity index (χ3n) is 5.95. The molecule has 1 fully saturated rings. The summed E-state index contributed by atoms with van der Waals surface area (Å²) in [5.74, 6) is -1.17. The molecule has 0 saturated carbocycles. The van der Waals surface area contributed by atoms with Crippen LogP contribution >= 0.6 is 0 Å². The second kappa shape index (κ2) is 8.50. The number of hydrogen-bond acceptors (Lipinski definition) is 5. The number of sulfonamides is 1. The van der Waals surface area contributed by atoms with Crippen molar-refractivity contribution < 1.29 is 27.0 Å². The first-order chi connectivity index (χ1) is 14.4. The van der Waals surface area contributed by atoms with E-state index in [1.54, 1.807) is 38.3 Å². The number of ether oxygens (including phenoxy) is 3. The van der Waals surface area contributed by atoms with E-state index in [0.29, 0.717) is 12.4 Å². The molecule has 31 heavy (non-hydrogen) atoms. The van der Waals surface area contributed by atoms with Crippen molar-refractivity contribution in [1.29, 1.82) is 0 Å². The van der Waals surface area contributed by atoms with Crippen LogP contribution in [0.15, 0.2) is 47.4 Å². The summed E-state index contributed by atoms with van der Waals surface area (Å²) in [7, 11) is -0.815. The van der Waals surface area contributed by atoms with Crippen molar-refractivity contribution >= 4 is 10.0 Å². The summed E-state index contributed by atoms with van der Waals surface area (Å²) in [5, 5.41) is 0. The van der Waals surface area contributed by atoms with E-state index in [1.165, 1.54) is 23.5 Å². The molecule has 1 saturated heterocycles. The predicted octanol–water partition coefficient (Wildman–Crippen LogP) is 4.29. The Labute approximate surface area is 184 Å². The van der Waals surface area contributed by atoms with Gasteiger partial charge in [0.2, 0.25) is 10.0 Å². The number of rotatable bonds is 6. The van der Waals surface area contributed by atoms with E-state index >= 15 is 0 Å². The maximum Gasteiger partial charge on any atom is 0.243 e. The smallest absolute Gasteiger partial charge is 0.243 e. The average molecular weight is 452 g/mol. The molecule has 0 spiro atoms. The van der Waals surface area contributed by atoms with Crippen LogP contribution in [0.3, 0.4) is 0 Å². The predicted molar refractivity (Wildman–Crippen MR) is 116 cm³/mol. The molecule has 0 aliphatic carbocycles. The van der Waals surface area contributed by atoms with Gasteiger partial charge in [0.15, 0.2) is 5.79 Å². The average Bonchev–Trinajstić information content (AvgIpc) is 2.71. The molecule has 3 rings (SSSR count). The van der Waals surface area contributed by atoms with E-state index in [0.717, 1.165) is 11.6 Å². The van der Waals surface area contributed by atoms with Gasteiger partial charge < -0.3 is 14.2 Å². The fourth-order valence-electron chi connectivity index (χ4n) is 3.52. The van der Waals surface area contributed by atoms with Crippen LogP contribution in [0.25, 0.3) is 0 Å². The number of methoxy groups -OCH3 is 1. The fraction of sp³-hybridized carbons (Fsp3) is 0.478. The zero-order valence-electron chi connectivity index (χ0n) is 18.8. The zero-order valence-corrected chi connectivity index (χ0v) is 19.6. The molecule has 6 nitrogen and oxygen atoms in total. The summed E-state index contributed by atoms with van der Waals surface area (Å²) in [6, 6.07) is 10.9. The van der Waals surface area contributed by atoms with E-state index in [9.17, 15) is 12.8 Å². The van der Waals surface area contributed by atoms with Gasteiger partial charge in [-0.1, -0.05) is 19.1 Å². The lowest BCUT2D eigenvalue weighted by Gasteiger charge is -2.47. The first-order valence-electron chi connectivity index (χ1n) is 10.1. The molecule has 8 heteroatoms. The Morgan fingerprint density at radius 1 is 1.16 bits per heavy atom. The second-order valence-electron chi connectivity index (χ2n) is 8.61. The van der Waals surface area contributed by atoms with Crippen molar-refractivity contribution in [3.63, 3.8) is 0 Å². The number of nitrogens with zero attached hydrogens (tertiary/aromatic N) is 1. The molecule has 1 aliphatic heterocycles. The monoisotopic (exact) mass is 451 g/mol. The molecule has 1 heterocycles. The highest BCUT2D eigenvalue weighted by atomic mass is 32.2. The lowest BCUT2D eigenvalue weighted by Crippen LogP contribution is -2.50. The zero-order chi connectivity index (χ0) is 23.0. The minimum absolute atomic E-state index is 0.0234. The van der Waals surface area contributed by atoms with Crippen LogP contribution in [0.1, 0.15) is 38.8 Å². The first kappa shape index (κ1) is 23.7. The Bertz CT molecular complexity index is 1040. The van der Waals surface area contributed by atoms with Crippen molar-refractivity contribution in [2.75, 3.05) is 20.8 Å². The summed E-state index contributed by atoms with van der Waals surface area (Å²) in [5.41, 5.74) is 0.307. The second-order valence-corrected chi connectivity index (χ2v) is 10.7. The van der Waals surface area contributed by atoms with Gasteiger partial charge in [-0.25, -0.2) is 12.8 Å². The maximum absolute atomic E-state index is 14.8. The van der Waals surface area contributed by atoms with Crippen molar-refractivity contribution in [3.05, 3.63) is 59.4 Å². The first-order valence-corrected chi connectivity index (χ1v) is 11.6. The molecule has 0 bridgehead atoms. The maximum atomic E-state index is 14.8. The van der Waals surface area contributed by atoms with Gasteiger partial charge in [-0.05, 0) is 56.7 Å². The van der Waals surface area contributed by atoms with E-state index < -0.39 is 27.2 Å². The number of hydrogen-bond donors (Lipinski definition) is 0. The van der Waals surface area contributed by atoms with Gasteiger partial charge in [0, 0.05) is 25.1 Å². The van der Waals surface area contributed by atoms with E-state index in [1.807, 2.05) is 20.8 Å². The molecule has 2 unspecified atom stereocenters. The Balaban J connectivity index is 1.90. The highest BCUT2D eigenvalue weighted by Crippen LogP contribution is 2.41. The number of halogens is 1. The van der Waals surface area contributed by atoms with Gasteiger partial charge in [0.05, 0.1) is 24.2 Å². The molecule has 0 N–H and O–H groups in total. The molecule has 0 radical (unpaired) electrons. The van der Waals surface area contributed by atoms with Crippen LogP contribution in [-0.4, -0.2) is 39.1 Å². The van der Waals surface area contributed by atoms with E-state index in [2.05, 4.69) is 0 Å². The van der Waals surface area contributed by atoms with Crippen LogP contribution in [0.2, 0.25) is 0 Å². The highest BCUT2D eigenvalue weighted by molar-refractivity contribution is 7.89. The topological polar surface area (TPSA) is 65.1 Å². The quantitative estimate of drug-likeness (QED) is 0.656. The minimum atomic E-state index is -3.87. The molecular formula is C23H30FNO5S. The Kier molecular flexibility index (Phi) is 6.49. The van der Waals surface area contributed by atoms with Crippen LogP contribution in [0.5, 0.6) is 5.75 Å². The summed E-state index contributed by atoms with van der Waals surface area (Å²) < 4.78 is 59.5. The SMILES string of the molecule is COc1ccc(CN(C)S(=O)(=O)c2ccc(F)c(C3(C)OCC(C)C(C)(C)O3)c2)cc1. The number of benzene rings is 2. The van der Waals surface area contributed by atoms with Gasteiger partial charge in [0.1, 0.15) is 11.6 Å². The Morgan fingerprint density at radius 2 is 1.81 bits per heavy atom. The summed E-state index contributed by atoms with van der Waals surface area (Å²) >= 11 is 0. The standard InChI is InChI=1S/C23H30FNO5S/c1-16-15-29-23(4,30-22(16,2)3)20-13-19(11-12-21(20)24)31(26,27)25(5)14-17-7-9-18(28-6)10-8-17/h7-13,16H,14-15H2,1-6H3. The minimum Gasteiger partial charge on any atom is -0.497 e. The van der Waals surface area contributed by atoms with Gasteiger partial charge >= 0.3 is 0 Å². The highest BCUT2D eigenvalue weighted by Gasteiger charge is 2.45.